The largest absolute Gasteiger partial charge is 0.513 e. The van der Waals surface area contributed by atoms with Crippen molar-refractivity contribution in [3.05, 3.63) is 108 Å². The van der Waals surface area contributed by atoms with Crippen molar-refractivity contribution in [3.63, 3.8) is 0 Å². The number of aliphatic hydroxyl groups is 1. The van der Waals surface area contributed by atoms with Gasteiger partial charge in [0.2, 0.25) is 0 Å². The van der Waals surface area contributed by atoms with Gasteiger partial charge in [-0.05, 0) is 84.4 Å². The molecule has 4 nitrogen and oxygen atoms in total. The highest BCUT2D eigenvalue weighted by atomic mass is 16.3. The molecule has 1 fully saturated rings. The Labute approximate surface area is 225 Å². The first-order valence-corrected chi connectivity index (χ1v) is 13.8. The van der Waals surface area contributed by atoms with Crippen LogP contribution < -0.4 is 5.32 Å². The number of nitrogens with zero attached hydrogens (tertiary/aromatic N) is 1. The van der Waals surface area contributed by atoms with E-state index in [0.717, 1.165) is 78.2 Å². The van der Waals surface area contributed by atoms with Crippen molar-refractivity contribution in [2.45, 2.75) is 57.8 Å². The van der Waals surface area contributed by atoms with Crippen molar-refractivity contribution in [1.82, 2.24) is 4.98 Å². The first kappa shape index (κ1) is 25.7. The van der Waals surface area contributed by atoms with Crippen molar-refractivity contribution in [3.8, 4) is 11.1 Å². The SMILES string of the molecule is C=C(O)CC1CCC(c2ccc(-c3ccc4c(C(=O)Nc5ccccc5CCC)ccnc4c3)cc2)CC1. The number of aliphatic hydroxyl groups excluding tert-OH is 1. The number of carbonyl (C=O) groups is 1. The summed E-state index contributed by atoms with van der Waals surface area (Å²) in [5.74, 6) is 1.34. The standard InChI is InChI=1S/C34H36N2O2/c1-3-6-28-7-4-5-8-32(28)36-34(38)31-19-20-35-33-22-29(17-18-30(31)33)27-15-13-26(14-16-27)25-11-9-24(10-12-25)21-23(2)37/h4-5,7-8,13-20,22,24-25,37H,2-3,6,9-12,21H2,1H3,(H,36,38). The van der Waals surface area contributed by atoms with Gasteiger partial charge in [0.05, 0.1) is 16.8 Å². The fraction of sp³-hybridized carbons (Fsp3) is 0.294. The van der Waals surface area contributed by atoms with Gasteiger partial charge in [0.15, 0.2) is 0 Å². The second-order valence-electron chi connectivity index (χ2n) is 10.6. The molecule has 2 N–H and O–H groups in total. The molecule has 38 heavy (non-hydrogen) atoms. The van der Waals surface area contributed by atoms with Gasteiger partial charge in [-0.1, -0.05) is 74.5 Å². The molecule has 0 aliphatic heterocycles. The minimum Gasteiger partial charge on any atom is -0.513 e. The van der Waals surface area contributed by atoms with Crippen LogP contribution >= 0.6 is 0 Å². The molecule has 1 aliphatic rings. The number of nitrogens with one attached hydrogen (secondary N) is 1. The van der Waals surface area contributed by atoms with Crippen LogP contribution in [0.15, 0.2) is 91.3 Å². The van der Waals surface area contributed by atoms with Crippen LogP contribution in [0.4, 0.5) is 5.69 Å². The molecule has 4 aromatic rings. The van der Waals surface area contributed by atoms with Gasteiger partial charge in [-0.15, -0.1) is 0 Å². The summed E-state index contributed by atoms with van der Waals surface area (Å²) < 4.78 is 0. The molecule has 0 bridgehead atoms. The van der Waals surface area contributed by atoms with E-state index in [1.54, 1.807) is 12.3 Å². The first-order valence-electron chi connectivity index (χ1n) is 13.8. The predicted octanol–water partition coefficient (Wildman–Crippen LogP) is 8.84. The zero-order valence-corrected chi connectivity index (χ0v) is 22.1. The Hall–Kier alpha value is -3.92. The Morgan fingerprint density at radius 2 is 1.71 bits per heavy atom. The average Bonchev–Trinajstić information content (AvgIpc) is 2.94. The summed E-state index contributed by atoms with van der Waals surface area (Å²) in [5, 5.41) is 13.5. The molecule has 4 heteroatoms. The Bertz CT molecular complexity index is 1430. The molecule has 1 amide bonds. The summed E-state index contributed by atoms with van der Waals surface area (Å²) in [6.07, 6.45) is 9.00. The minimum absolute atomic E-state index is 0.115. The van der Waals surface area contributed by atoms with E-state index in [2.05, 4.69) is 66.3 Å². The summed E-state index contributed by atoms with van der Waals surface area (Å²) in [6, 6.07) is 24.8. The van der Waals surface area contributed by atoms with Crippen molar-refractivity contribution in [2.24, 2.45) is 5.92 Å². The van der Waals surface area contributed by atoms with Crippen molar-refractivity contribution in [2.75, 3.05) is 5.32 Å². The number of anilines is 1. The average molecular weight is 505 g/mol. The molecule has 1 aliphatic carbocycles. The third-order valence-electron chi connectivity index (χ3n) is 7.86. The Morgan fingerprint density at radius 3 is 2.45 bits per heavy atom. The van der Waals surface area contributed by atoms with E-state index in [1.807, 2.05) is 24.3 Å². The van der Waals surface area contributed by atoms with E-state index in [0.29, 0.717) is 23.2 Å². The predicted molar refractivity (Wildman–Crippen MR) is 157 cm³/mol. The normalized spacial score (nSPS) is 17.3. The quantitative estimate of drug-likeness (QED) is 0.236. The number of benzene rings is 3. The van der Waals surface area contributed by atoms with Crippen LogP contribution in [-0.4, -0.2) is 16.0 Å². The summed E-state index contributed by atoms with van der Waals surface area (Å²) in [7, 11) is 0. The number of hydrogen-bond acceptors (Lipinski definition) is 3. The van der Waals surface area contributed by atoms with E-state index in [-0.39, 0.29) is 5.91 Å². The molecular weight excluding hydrogens is 468 g/mol. The highest BCUT2D eigenvalue weighted by Gasteiger charge is 2.23. The van der Waals surface area contributed by atoms with E-state index < -0.39 is 0 Å². The van der Waals surface area contributed by atoms with Gasteiger partial charge in [0.25, 0.3) is 5.91 Å². The van der Waals surface area contributed by atoms with Crippen LogP contribution in [0, 0.1) is 5.92 Å². The Morgan fingerprint density at radius 1 is 0.974 bits per heavy atom. The number of allylic oxidation sites excluding steroid dienone is 1. The smallest absolute Gasteiger partial charge is 0.256 e. The topological polar surface area (TPSA) is 62.2 Å². The highest BCUT2D eigenvalue weighted by molar-refractivity contribution is 6.12. The molecule has 5 rings (SSSR count). The zero-order valence-electron chi connectivity index (χ0n) is 22.1. The zero-order chi connectivity index (χ0) is 26.5. The molecule has 3 aromatic carbocycles. The van der Waals surface area contributed by atoms with Crippen LogP contribution in [0.1, 0.15) is 72.9 Å². The number of carbonyl (C=O) groups excluding carboxylic acids is 1. The van der Waals surface area contributed by atoms with Crippen LogP contribution in [0.2, 0.25) is 0 Å². The maximum absolute atomic E-state index is 13.2. The number of amides is 1. The molecule has 0 atom stereocenters. The maximum atomic E-state index is 13.2. The van der Waals surface area contributed by atoms with E-state index >= 15 is 0 Å². The summed E-state index contributed by atoms with van der Waals surface area (Å²) in [5.41, 5.74) is 7.08. The monoisotopic (exact) mass is 504 g/mol. The van der Waals surface area contributed by atoms with Gasteiger partial charge in [0, 0.05) is 23.7 Å². The number of fused-ring (bicyclic) bond motifs is 1. The molecular formula is C34H36N2O2. The van der Waals surface area contributed by atoms with Gasteiger partial charge < -0.3 is 10.4 Å². The number of aromatic nitrogens is 1. The lowest BCUT2D eigenvalue weighted by Crippen LogP contribution is -2.14. The van der Waals surface area contributed by atoms with Crippen molar-refractivity contribution in [1.29, 1.82) is 0 Å². The van der Waals surface area contributed by atoms with Crippen LogP contribution in [0.25, 0.3) is 22.0 Å². The van der Waals surface area contributed by atoms with Gasteiger partial charge in [-0.2, -0.15) is 0 Å². The van der Waals surface area contributed by atoms with Gasteiger partial charge in [0.1, 0.15) is 0 Å². The molecule has 1 aromatic heterocycles. The third kappa shape index (κ3) is 5.80. The van der Waals surface area contributed by atoms with Gasteiger partial charge >= 0.3 is 0 Å². The number of rotatable bonds is 8. The Kier molecular flexibility index (Phi) is 7.88. The van der Waals surface area contributed by atoms with E-state index in [1.165, 1.54) is 5.56 Å². The maximum Gasteiger partial charge on any atom is 0.256 e. The van der Waals surface area contributed by atoms with Crippen molar-refractivity contribution < 1.29 is 9.90 Å². The number of aryl methyl sites for hydroxylation is 1. The molecule has 0 saturated heterocycles. The van der Waals surface area contributed by atoms with Gasteiger partial charge in [-0.25, -0.2) is 0 Å². The second kappa shape index (κ2) is 11.6. The Balaban J connectivity index is 1.32. The lowest BCUT2D eigenvalue weighted by atomic mass is 9.77. The van der Waals surface area contributed by atoms with Crippen LogP contribution in [0.5, 0.6) is 0 Å². The lowest BCUT2D eigenvalue weighted by Gasteiger charge is -2.28. The van der Waals surface area contributed by atoms with Crippen LogP contribution in [-0.2, 0) is 6.42 Å². The molecule has 1 heterocycles. The van der Waals surface area contributed by atoms with E-state index in [4.69, 9.17) is 0 Å². The minimum atomic E-state index is -0.115. The summed E-state index contributed by atoms with van der Waals surface area (Å²) >= 11 is 0. The van der Waals surface area contributed by atoms with E-state index in [9.17, 15) is 9.90 Å². The third-order valence-corrected chi connectivity index (χ3v) is 7.86. The van der Waals surface area contributed by atoms with Gasteiger partial charge in [-0.3, -0.25) is 9.78 Å². The fourth-order valence-corrected chi connectivity index (χ4v) is 5.83. The van der Waals surface area contributed by atoms with Crippen LogP contribution in [0.3, 0.4) is 0 Å². The molecule has 1 saturated carbocycles. The molecule has 0 radical (unpaired) electrons. The van der Waals surface area contributed by atoms with Crippen molar-refractivity contribution >= 4 is 22.5 Å². The summed E-state index contributed by atoms with van der Waals surface area (Å²) in [4.78, 5) is 17.8. The summed E-state index contributed by atoms with van der Waals surface area (Å²) in [6.45, 7) is 5.80. The number of hydrogen-bond donors (Lipinski definition) is 2. The highest BCUT2D eigenvalue weighted by Crippen LogP contribution is 2.38. The lowest BCUT2D eigenvalue weighted by molar-refractivity contribution is 0.102. The second-order valence-corrected chi connectivity index (χ2v) is 10.6. The number of pyridine rings is 1. The molecule has 194 valence electrons. The first-order chi connectivity index (χ1) is 18.5. The fourth-order valence-electron chi connectivity index (χ4n) is 5.83. The molecule has 0 spiro atoms. The molecule has 0 unspecified atom stereocenters. The number of para-hydroxylation sites is 1.